The predicted molar refractivity (Wildman–Crippen MR) is 77.9 cm³/mol. The fourth-order valence-electron chi connectivity index (χ4n) is 2.34. The molecule has 0 amide bonds. The summed E-state index contributed by atoms with van der Waals surface area (Å²) in [6.45, 7) is 5.66. The van der Waals surface area contributed by atoms with Crippen molar-refractivity contribution < 1.29 is 14.6 Å². The Bertz CT molecular complexity index is 468. The largest absolute Gasteiger partial charge is 0.504 e. The third-order valence-electron chi connectivity index (χ3n) is 3.13. The van der Waals surface area contributed by atoms with Crippen molar-refractivity contribution in [2.45, 2.75) is 26.1 Å². The van der Waals surface area contributed by atoms with E-state index in [4.69, 9.17) is 21.7 Å². The highest BCUT2D eigenvalue weighted by Crippen LogP contribution is 2.27. The lowest BCUT2D eigenvalue weighted by Crippen LogP contribution is -2.47. The monoisotopic (exact) mass is 281 g/mol. The van der Waals surface area contributed by atoms with Gasteiger partial charge in [-0.25, -0.2) is 0 Å². The third-order valence-corrected chi connectivity index (χ3v) is 3.63. The maximum absolute atomic E-state index is 9.61. The van der Waals surface area contributed by atoms with Gasteiger partial charge in [0.2, 0.25) is 0 Å². The minimum absolute atomic E-state index is 0.123. The fraction of sp³-hybridized carbons (Fsp3) is 0.500. The van der Waals surface area contributed by atoms with Crippen LogP contribution in [0, 0.1) is 0 Å². The molecule has 1 N–H and O–H groups in total. The van der Waals surface area contributed by atoms with Gasteiger partial charge in [-0.1, -0.05) is 12.2 Å². The summed E-state index contributed by atoms with van der Waals surface area (Å²) >= 11 is 5.53. The highest BCUT2D eigenvalue weighted by Gasteiger charge is 2.24. The van der Waals surface area contributed by atoms with E-state index in [9.17, 15) is 5.11 Å². The maximum atomic E-state index is 9.61. The van der Waals surface area contributed by atoms with Crippen molar-refractivity contribution >= 4 is 17.2 Å². The van der Waals surface area contributed by atoms with E-state index in [1.54, 1.807) is 12.1 Å². The van der Waals surface area contributed by atoms with Crippen LogP contribution in [-0.4, -0.2) is 47.4 Å². The number of phenols is 1. The maximum Gasteiger partial charge on any atom is 0.161 e. The van der Waals surface area contributed by atoms with E-state index in [-0.39, 0.29) is 18.0 Å². The summed E-state index contributed by atoms with van der Waals surface area (Å²) < 4.78 is 10.8. The van der Waals surface area contributed by atoms with Crippen LogP contribution in [-0.2, 0) is 4.74 Å². The van der Waals surface area contributed by atoms with Gasteiger partial charge in [-0.15, -0.1) is 0 Å². The van der Waals surface area contributed by atoms with Gasteiger partial charge in [-0.3, -0.25) is 0 Å². The Morgan fingerprint density at radius 1 is 1.37 bits per heavy atom. The standard InChI is InChI=1S/C14H19NO3S/c1-9-7-15(8-10(2)18-9)14(19)11-4-5-12(16)13(6-11)17-3/h4-6,9-10,16H,7-8H2,1-3H3/t9-,10+. The molecule has 19 heavy (non-hydrogen) atoms. The highest BCUT2D eigenvalue weighted by atomic mass is 32.1. The number of ether oxygens (including phenoxy) is 2. The zero-order valence-electron chi connectivity index (χ0n) is 11.4. The van der Waals surface area contributed by atoms with Crippen LogP contribution in [0.3, 0.4) is 0 Å². The molecule has 5 heteroatoms. The summed E-state index contributed by atoms with van der Waals surface area (Å²) in [4.78, 5) is 2.90. The Hall–Kier alpha value is -1.33. The molecule has 1 aliphatic heterocycles. The number of morpholine rings is 1. The van der Waals surface area contributed by atoms with Gasteiger partial charge in [0.05, 0.1) is 19.3 Å². The van der Waals surface area contributed by atoms with Gasteiger partial charge in [0.1, 0.15) is 4.99 Å². The van der Waals surface area contributed by atoms with E-state index in [1.165, 1.54) is 7.11 Å². The van der Waals surface area contributed by atoms with Crippen molar-refractivity contribution in [3.8, 4) is 11.5 Å². The highest BCUT2D eigenvalue weighted by molar-refractivity contribution is 7.80. The van der Waals surface area contributed by atoms with E-state index < -0.39 is 0 Å². The molecule has 1 aromatic rings. The molecule has 1 aliphatic rings. The zero-order valence-corrected chi connectivity index (χ0v) is 12.2. The molecular weight excluding hydrogens is 262 g/mol. The number of thiocarbonyl (C=S) groups is 1. The summed E-state index contributed by atoms with van der Waals surface area (Å²) in [6.07, 6.45) is 0.335. The van der Waals surface area contributed by atoms with Crippen molar-refractivity contribution in [3.05, 3.63) is 23.8 Å². The SMILES string of the molecule is COc1cc(C(=S)N2C[C@@H](C)O[C@@H](C)C2)ccc1O. The zero-order chi connectivity index (χ0) is 14.0. The molecular formula is C14H19NO3S. The number of hydrogen-bond donors (Lipinski definition) is 1. The average molecular weight is 281 g/mol. The van der Waals surface area contributed by atoms with Crippen molar-refractivity contribution in [3.63, 3.8) is 0 Å². The number of nitrogens with zero attached hydrogens (tertiary/aromatic N) is 1. The van der Waals surface area contributed by atoms with Crippen molar-refractivity contribution in [2.75, 3.05) is 20.2 Å². The second kappa shape index (κ2) is 5.75. The summed E-state index contributed by atoms with van der Waals surface area (Å²) in [6, 6.07) is 5.18. The quantitative estimate of drug-likeness (QED) is 0.842. The van der Waals surface area contributed by atoms with Gasteiger partial charge in [0.25, 0.3) is 0 Å². The lowest BCUT2D eigenvalue weighted by Gasteiger charge is -2.37. The molecule has 0 saturated carbocycles. The number of phenolic OH excluding ortho intramolecular Hbond substituents is 1. The van der Waals surface area contributed by atoms with Gasteiger partial charge in [-0.2, -0.15) is 0 Å². The third kappa shape index (κ3) is 3.16. The van der Waals surface area contributed by atoms with Crippen LogP contribution in [0.2, 0.25) is 0 Å². The molecule has 0 unspecified atom stereocenters. The number of rotatable bonds is 2. The van der Waals surface area contributed by atoms with Gasteiger partial charge in [0, 0.05) is 18.7 Å². The number of benzene rings is 1. The van der Waals surface area contributed by atoms with E-state index in [0.717, 1.165) is 23.6 Å². The van der Waals surface area contributed by atoms with Crippen LogP contribution >= 0.6 is 12.2 Å². The second-order valence-electron chi connectivity index (χ2n) is 4.85. The smallest absolute Gasteiger partial charge is 0.161 e. The predicted octanol–water partition coefficient (Wildman–Crippen LogP) is 2.19. The van der Waals surface area contributed by atoms with E-state index in [0.29, 0.717) is 5.75 Å². The van der Waals surface area contributed by atoms with Crippen LogP contribution in [0.5, 0.6) is 11.5 Å². The van der Waals surface area contributed by atoms with Crippen LogP contribution in [0.1, 0.15) is 19.4 Å². The molecule has 0 bridgehead atoms. The number of methoxy groups -OCH3 is 1. The van der Waals surface area contributed by atoms with Gasteiger partial charge >= 0.3 is 0 Å². The summed E-state index contributed by atoms with van der Waals surface area (Å²) in [5, 5.41) is 9.61. The molecule has 1 fully saturated rings. The first-order chi connectivity index (χ1) is 9.01. The first-order valence-corrected chi connectivity index (χ1v) is 6.74. The first-order valence-electron chi connectivity index (χ1n) is 6.33. The molecule has 0 spiro atoms. The van der Waals surface area contributed by atoms with Gasteiger partial charge in [-0.05, 0) is 32.0 Å². The van der Waals surface area contributed by atoms with Crippen molar-refractivity contribution in [1.29, 1.82) is 0 Å². The average Bonchev–Trinajstić information content (AvgIpc) is 2.37. The molecule has 2 rings (SSSR count). The second-order valence-corrected chi connectivity index (χ2v) is 5.24. The van der Waals surface area contributed by atoms with Crippen molar-refractivity contribution in [1.82, 2.24) is 4.90 Å². The van der Waals surface area contributed by atoms with Crippen LogP contribution in [0.15, 0.2) is 18.2 Å². The molecule has 1 heterocycles. The van der Waals surface area contributed by atoms with Crippen LogP contribution in [0.4, 0.5) is 0 Å². The van der Waals surface area contributed by atoms with Gasteiger partial charge < -0.3 is 19.5 Å². The molecule has 4 nitrogen and oxygen atoms in total. The van der Waals surface area contributed by atoms with Gasteiger partial charge in [0.15, 0.2) is 11.5 Å². The van der Waals surface area contributed by atoms with Crippen LogP contribution < -0.4 is 4.74 Å². The van der Waals surface area contributed by atoms with Crippen molar-refractivity contribution in [2.24, 2.45) is 0 Å². The summed E-state index contributed by atoms with van der Waals surface area (Å²) in [7, 11) is 1.53. The van der Waals surface area contributed by atoms with Crippen LogP contribution in [0.25, 0.3) is 0 Å². The Kier molecular flexibility index (Phi) is 4.27. The normalized spacial score (nSPS) is 23.2. The van der Waals surface area contributed by atoms with E-state index in [2.05, 4.69) is 4.90 Å². The fourth-order valence-corrected chi connectivity index (χ4v) is 2.61. The summed E-state index contributed by atoms with van der Waals surface area (Å²) in [5.41, 5.74) is 0.881. The molecule has 1 saturated heterocycles. The first kappa shape index (κ1) is 14.1. The molecule has 1 aromatic carbocycles. The Morgan fingerprint density at radius 3 is 2.58 bits per heavy atom. The molecule has 0 aromatic heterocycles. The molecule has 0 aliphatic carbocycles. The lowest BCUT2D eigenvalue weighted by molar-refractivity contribution is -0.0472. The molecule has 104 valence electrons. The molecule has 0 radical (unpaired) electrons. The number of aromatic hydroxyl groups is 1. The van der Waals surface area contributed by atoms with E-state index >= 15 is 0 Å². The number of hydrogen-bond acceptors (Lipinski definition) is 4. The Morgan fingerprint density at radius 2 is 2.00 bits per heavy atom. The Labute approximate surface area is 118 Å². The topological polar surface area (TPSA) is 41.9 Å². The lowest BCUT2D eigenvalue weighted by atomic mass is 10.1. The summed E-state index contributed by atoms with van der Waals surface area (Å²) in [5.74, 6) is 0.562. The Balaban J connectivity index is 2.19. The minimum Gasteiger partial charge on any atom is -0.504 e. The van der Waals surface area contributed by atoms with E-state index in [1.807, 2.05) is 19.9 Å². The molecule has 2 atom stereocenters. The minimum atomic E-state index is 0.123.